The first-order chi connectivity index (χ1) is 9.35. The Kier molecular flexibility index (Phi) is 5.23. The van der Waals surface area contributed by atoms with E-state index in [2.05, 4.69) is 36.0 Å². The first-order valence-electron chi connectivity index (χ1n) is 6.64. The van der Waals surface area contributed by atoms with Crippen LogP contribution in [0.4, 0.5) is 0 Å². The van der Waals surface area contributed by atoms with E-state index in [1.54, 1.807) is 0 Å². The van der Waals surface area contributed by atoms with Crippen molar-refractivity contribution in [3.05, 3.63) is 60.2 Å². The Bertz CT molecular complexity index is 519. The summed E-state index contributed by atoms with van der Waals surface area (Å²) in [5.41, 5.74) is 2.10. The lowest BCUT2D eigenvalue weighted by Crippen LogP contribution is -1.92. The van der Waals surface area contributed by atoms with Crippen LogP contribution >= 0.6 is 7.92 Å². The lowest BCUT2D eigenvalue weighted by atomic mass is 10.2. The van der Waals surface area contributed by atoms with Crippen LogP contribution in [-0.2, 0) is 0 Å². The molecular formula is C16H19N2P. The van der Waals surface area contributed by atoms with Gasteiger partial charge in [0.25, 0.3) is 0 Å². The number of rotatable bonds is 5. The maximum Gasteiger partial charge on any atom is 0.0707 e. The van der Waals surface area contributed by atoms with Crippen LogP contribution < -0.4 is 0 Å². The highest BCUT2D eigenvalue weighted by molar-refractivity contribution is 7.68. The predicted molar refractivity (Wildman–Crippen MR) is 84.3 cm³/mol. The van der Waals surface area contributed by atoms with E-state index in [9.17, 15) is 0 Å². The van der Waals surface area contributed by atoms with Crippen molar-refractivity contribution < 1.29 is 0 Å². The fourth-order valence-corrected chi connectivity index (χ4v) is 3.91. The third-order valence-electron chi connectivity index (χ3n) is 3.00. The van der Waals surface area contributed by atoms with Crippen molar-refractivity contribution in [2.24, 2.45) is 0 Å². The van der Waals surface area contributed by atoms with E-state index in [0.717, 1.165) is 11.4 Å². The zero-order valence-electron chi connectivity index (χ0n) is 11.5. The molecule has 0 spiro atoms. The fraction of sp³-hybridized carbons (Fsp3) is 0.250. The molecule has 2 heterocycles. The summed E-state index contributed by atoms with van der Waals surface area (Å²) >= 11 is 0. The smallest absolute Gasteiger partial charge is 0.0707 e. The molecule has 2 aromatic heterocycles. The highest BCUT2D eigenvalue weighted by Crippen LogP contribution is 2.49. The largest absolute Gasteiger partial charge is 0.257 e. The molecule has 2 rings (SSSR count). The van der Waals surface area contributed by atoms with Crippen molar-refractivity contribution in [3.63, 3.8) is 0 Å². The second kappa shape index (κ2) is 7.16. The molecule has 0 saturated heterocycles. The fourth-order valence-electron chi connectivity index (χ4n) is 2.01. The van der Waals surface area contributed by atoms with Gasteiger partial charge in [-0.05, 0) is 42.7 Å². The van der Waals surface area contributed by atoms with Crippen LogP contribution in [0.2, 0.25) is 0 Å². The highest BCUT2D eigenvalue weighted by Gasteiger charge is 2.13. The van der Waals surface area contributed by atoms with Crippen LogP contribution in [0.5, 0.6) is 0 Å². The molecule has 0 atom stereocenters. The van der Waals surface area contributed by atoms with Crippen LogP contribution in [0.25, 0.3) is 11.4 Å². The molecule has 19 heavy (non-hydrogen) atoms. The molecule has 0 aliphatic heterocycles. The van der Waals surface area contributed by atoms with E-state index >= 15 is 0 Å². The zero-order chi connectivity index (χ0) is 13.5. The number of aromatic nitrogens is 2. The maximum atomic E-state index is 4.51. The first kappa shape index (κ1) is 13.9. The van der Waals surface area contributed by atoms with Gasteiger partial charge in [0.15, 0.2) is 0 Å². The Hall–Kier alpha value is -1.53. The molecule has 0 fully saturated rings. The molecule has 0 radical (unpaired) electrons. The molecular weight excluding hydrogens is 251 g/mol. The van der Waals surface area contributed by atoms with Gasteiger partial charge in [-0.15, -0.1) is 0 Å². The minimum absolute atomic E-state index is 0.161. The van der Waals surface area contributed by atoms with Gasteiger partial charge >= 0.3 is 0 Å². The van der Waals surface area contributed by atoms with E-state index < -0.39 is 0 Å². The van der Waals surface area contributed by atoms with Crippen molar-refractivity contribution in [1.82, 2.24) is 9.97 Å². The van der Waals surface area contributed by atoms with Gasteiger partial charge in [-0.25, -0.2) is 0 Å². The average molecular weight is 270 g/mol. The predicted octanol–water partition coefficient (Wildman–Crippen LogP) is 4.50. The standard InChI is InChI=1S/C16H19N2P/c1-3-19(4-2)16(15-10-6-8-12-18-15)13-14-9-5-7-11-17-14/h5-13H,3-4H2,1-2H3. The van der Waals surface area contributed by atoms with E-state index in [1.807, 2.05) is 42.7 Å². The summed E-state index contributed by atoms with van der Waals surface area (Å²) in [5, 5.41) is 1.35. The van der Waals surface area contributed by atoms with Gasteiger partial charge in [-0.3, -0.25) is 9.97 Å². The number of hydrogen-bond donors (Lipinski definition) is 0. The minimum atomic E-state index is -0.161. The second-order valence-corrected chi connectivity index (χ2v) is 7.00. The monoisotopic (exact) mass is 270 g/mol. The summed E-state index contributed by atoms with van der Waals surface area (Å²) in [6, 6.07) is 12.1. The zero-order valence-corrected chi connectivity index (χ0v) is 12.3. The Morgan fingerprint density at radius 2 is 1.68 bits per heavy atom. The van der Waals surface area contributed by atoms with E-state index in [1.165, 1.54) is 17.6 Å². The van der Waals surface area contributed by atoms with Crippen LogP contribution in [-0.4, -0.2) is 22.3 Å². The number of hydrogen-bond acceptors (Lipinski definition) is 2. The summed E-state index contributed by atoms with van der Waals surface area (Å²) in [7, 11) is -0.161. The van der Waals surface area contributed by atoms with Gasteiger partial charge in [0.05, 0.1) is 11.4 Å². The quantitative estimate of drug-likeness (QED) is 0.748. The van der Waals surface area contributed by atoms with Gasteiger partial charge in [-0.1, -0.05) is 33.9 Å². The number of nitrogens with zero attached hydrogens (tertiary/aromatic N) is 2. The lowest BCUT2D eigenvalue weighted by Gasteiger charge is -2.17. The highest BCUT2D eigenvalue weighted by atomic mass is 31.1. The van der Waals surface area contributed by atoms with Gasteiger partial charge in [0, 0.05) is 17.7 Å². The summed E-state index contributed by atoms with van der Waals surface area (Å²) < 4.78 is 0. The molecule has 3 heteroatoms. The summed E-state index contributed by atoms with van der Waals surface area (Å²) in [6.45, 7) is 4.51. The average Bonchev–Trinajstić information content (AvgIpc) is 2.49. The van der Waals surface area contributed by atoms with E-state index in [-0.39, 0.29) is 7.92 Å². The maximum absolute atomic E-state index is 4.51. The van der Waals surface area contributed by atoms with E-state index in [4.69, 9.17) is 0 Å². The van der Waals surface area contributed by atoms with Gasteiger partial charge < -0.3 is 0 Å². The minimum Gasteiger partial charge on any atom is -0.257 e. The molecule has 0 aliphatic carbocycles. The van der Waals surface area contributed by atoms with Crippen LogP contribution in [0.1, 0.15) is 25.2 Å². The topological polar surface area (TPSA) is 25.8 Å². The Morgan fingerprint density at radius 1 is 1.00 bits per heavy atom. The molecule has 0 amide bonds. The lowest BCUT2D eigenvalue weighted by molar-refractivity contribution is 1.28. The Labute approximate surface area is 116 Å². The van der Waals surface area contributed by atoms with Crippen LogP contribution in [0.3, 0.4) is 0 Å². The summed E-state index contributed by atoms with van der Waals surface area (Å²) in [4.78, 5) is 8.91. The third kappa shape index (κ3) is 3.71. The summed E-state index contributed by atoms with van der Waals surface area (Å²) in [5.74, 6) is 0. The SMILES string of the molecule is CCP(CC)C(=Cc1ccccn1)c1ccccn1. The van der Waals surface area contributed by atoms with E-state index in [0.29, 0.717) is 0 Å². The normalized spacial score (nSPS) is 11.8. The van der Waals surface area contributed by atoms with Crippen molar-refractivity contribution >= 4 is 19.3 Å². The molecule has 0 unspecified atom stereocenters. The van der Waals surface area contributed by atoms with Crippen molar-refractivity contribution in [3.8, 4) is 0 Å². The van der Waals surface area contributed by atoms with Crippen molar-refractivity contribution in [1.29, 1.82) is 0 Å². The molecule has 0 N–H and O–H groups in total. The molecule has 0 aromatic carbocycles. The van der Waals surface area contributed by atoms with Crippen LogP contribution in [0.15, 0.2) is 48.8 Å². The second-order valence-electron chi connectivity index (χ2n) is 4.17. The van der Waals surface area contributed by atoms with Crippen molar-refractivity contribution in [2.75, 3.05) is 12.3 Å². The molecule has 98 valence electrons. The summed E-state index contributed by atoms with van der Waals surface area (Å²) in [6.07, 6.45) is 8.26. The first-order valence-corrected chi connectivity index (χ1v) is 8.35. The Balaban J connectivity index is 2.43. The molecule has 2 aromatic rings. The molecule has 0 saturated carbocycles. The molecule has 0 bridgehead atoms. The van der Waals surface area contributed by atoms with Crippen molar-refractivity contribution in [2.45, 2.75) is 13.8 Å². The van der Waals surface area contributed by atoms with Crippen LogP contribution in [0, 0.1) is 0 Å². The van der Waals surface area contributed by atoms with Gasteiger partial charge in [0.2, 0.25) is 0 Å². The number of pyridine rings is 2. The molecule has 0 aliphatic rings. The molecule has 2 nitrogen and oxygen atoms in total. The Morgan fingerprint density at radius 3 is 2.21 bits per heavy atom. The third-order valence-corrected chi connectivity index (χ3v) is 5.57. The van der Waals surface area contributed by atoms with Gasteiger partial charge in [0.1, 0.15) is 0 Å². The van der Waals surface area contributed by atoms with Gasteiger partial charge in [-0.2, -0.15) is 0 Å².